The molecule has 4 nitrogen and oxygen atoms in total. The Bertz CT molecular complexity index is 234. The molecule has 0 aromatic rings. The van der Waals surface area contributed by atoms with E-state index >= 15 is 0 Å². The Morgan fingerprint density at radius 2 is 2.13 bits per heavy atom. The largest absolute Gasteiger partial charge is 0.409 e. The van der Waals surface area contributed by atoms with Gasteiger partial charge in [-0.25, -0.2) is 0 Å². The molecule has 88 valence electrons. The first kappa shape index (κ1) is 12.3. The molecule has 0 heterocycles. The Hall–Kier alpha value is -0.770. The maximum atomic E-state index is 8.55. The third kappa shape index (κ3) is 4.08. The highest BCUT2D eigenvalue weighted by Crippen LogP contribution is 2.49. The van der Waals surface area contributed by atoms with Crippen LogP contribution in [0.25, 0.3) is 0 Å². The van der Waals surface area contributed by atoms with Gasteiger partial charge in [0, 0.05) is 19.5 Å². The number of nitrogens with zero attached hydrogens (tertiary/aromatic N) is 2. The lowest BCUT2D eigenvalue weighted by Crippen LogP contribution is -2.32. The van der Waals surface area contributed by atoms with Crippen molar-refractivity contribution in [3.8, 4) is 0 Å². The third-order valence-electron chi connectivity index (χ3n) is 2.92. The fraction of sp³-hybridized carbons (Fsp3) is 0.909. The molecule has 0 aromatic heterocycles. The van der Waals surface area contributed by atoms with E-state index in [9.17, 15) is 0 Å². The van der Waals surface area contributed by atoms with E-state index in [4.69, 9.17) is 10.9 Å². The average Bonchev–Trinajstić information content (AvgIpc) is 2.82. The third-order valence-corrected chi connectivity index (χ3v) is 2.92. The normalized spacial score (nSPS) is 19.9. The molecule has 0 bridgehead atoms. The van der Waals surface area contributed by atoms with Gasteiger partial charge in [0.1, 0.15) is 5.84 Å². The van der Waals surface area contributed by atoms with Crippen molar-refractivity contribution >= 4 is 5.84 Å². The molecule has 1 saturated carbocycles. The molecule has 0 unspecified atom stereocenters. The topological polar surface area (TPSA) is 61.8 Å². The second-order valence-electron chi connectivity index (χ2n) is 5.36. The van der Waals surface area contributed by atoms with Gasteiger partial charge in [-0.2, -0.15) is 0 Å². The van der Waals surface area contributed by atoms with E-state index in [0.29, 0.717) is 17.2 Å². The Balaban J connectivity index is 2.37. The quantitative estimate of drug-likeness (QED) is 0.304. The summed E-state index contributed by atoms with van der Waals surface area (Å²) in [6, 6.07) is 0. The first-order chi connectivity index (χ1) is 6.97. The van der Waals surface area contributed by atoms with E-state index < -0.39 is 0 Å². The highest BCUT2D eigenvalue weighted by Gasteiger charge is 2.43. The average molecular weight is 213 g/mol. The van der Waals surface area contributed by atoms with Crippen LogP contribution in [0.5, 0.6) is 0 Å². The molecule has 0 aliphatic heterocycles. The molecule has 0 saturated heterocycles. The highest BCUT2D eigenvalue weighted by atomic mass is 16.4. The minimum atomic E-state index is 0.292. The molecule has 15 heavy (non-hydrogen) atoms. The number of rotatable bonds is 6. The summed E-state index contributed by atoms with van der Waals surface area (Å²) in [6.07, 6.45) is 3.13. The Morgan fingerprint density at radius 3 is 2.53 bits per heavy atom. The van der Waals surface area contributed by atoms with Crippen LogP contribution in [0.2, 0.25) is 0 Å². The van der Waals surface area contributed by atoms with Crippen LogP contribution >= 0.6 is 0 Å². The van der Waals surface area contributed by atoms with Gasteiger partial charge in [0.15, 0.2) is 0 Å². The van der Waals surface area contributed by atoms with Crippen LogP contribution in [0.4, 0.5) is 0 Å². The number of amidine groups is 1. The van der Waals surface area contributed by atoms with Gasteiger partial charge in [0.05, 0.1) is 0 Å². The second-order valence-corrected chi connectivity index (χ2v) is 5.36. The number of hydrogen-bond donors (Lipinski definition) is 2. The summed E-state index contributed by atoms with van der Waals surface area (Å²) in [5, 5.41) is 11.6. The lowest BCUT2D eigenvalue weighted by Gasteiger charge is -2.24. The summed E-state index contributed by atoms with van der Waals surface area (Å²) in [5.74, 6) is 1.06. The molecule has 0 aromatic carbocycles. The Morgan fingerprint density at radius 1 is 1.53 bits per heavy atom. The first-order valence-electron chi connectivity index (χ1n) is 5.62. The smallest absolute Gasteiger partial charge is 0.139 e. The SMILES string of the molecule is CC(C)CN(C)CC1(CC(N)=NO)CC1. The van der Waals surface area contributed by atoms with Gasteiger partial charge >= 0.3 is 0 Å². The molecular weight excluding hydrogens is 190 g/mol. The zero-order valence-corrected chi connectivity index (χ0v) is 10.0. The van der Waals surface area contributed by atoms with Crippen molar-refractivity contribution in [2.75, 3.05) is 20.1 Å². The van der Waals surface area contributed by atoms with Crippen molar-refractivity contribution in [2.45, 2.75) is 33.1 Å². The molecule has 0 radical (unpaired) electrons. The van der Waals surface area contributed by atoms with Gasteiger partial charge in [-0.1, -0.05) is 19.0 Å². The molecule has 1 aliphatic carbocycles. The molecule has 1 aliphatic rings. The Kier molecular flexibility index (Phi) is 3.97. The van der Waals surface area contributed by atoms with Crippen LogP contribution in [0.1, 0.15) is 33.1 Å². The Labute approximate surface area is 92.1 Å². The molecular formula is C11H23N3O. The summed E-state index contributed by atoms with van der Waals surface area (Å²) < 4.78 is 0. The summed E-state index contributed by atoms with van der Waals surface area (Å²) in [5.41, 5.74) is 5.85. The minimum Gasteiger partial charge on any atom is -0.409 e. The molecule has 1 fully saturated rings. The van der Waals surface area contributed by atoms with Crippen molar-refractivity contribution in [2.24, 2.45) is 22.2 Å². The van der Waals surface area contributed by atoms with Gasteiger partial charge in [0.2, 0.25) is 0 Å². The molecule has 0 atom stereocenters. The van der Waals surface area contributed by atoms with Gasteiger partial charge in [0.25, 0.3) is 0 Å². The molecule has 3 N–H and O–H groups in total. The van der Waals surface area contributed by atoms with Crippen molar-refractivity contribution in [1.29, 1.82) is 0 Å². The minimum absolute atomic E-state index is 0.292. The predicted molar refractivity (Wildman–Crippen MR) is 62.0 cm³/mol. The van der Waals surface area contributed by atoms with Crippen molar-refractivity contribution in [3.63, 3.8) is 0 Å². The maximum absolute atomic E-state index is 8.55. The van der Waals surface area contributed by atoms with Gasteiger partial charge in [-0.3, -0.25) is 0 Å². The zero-order chi connectivity index (χ0) is 11.5. The highest BCUT2D eigenvalue weighted by molar-refractivity contribution is 5.80. The van der Waals surface area contributed by atoms with Crippen LogP contribution in [-0.2, 0) is 0 Å². The fourth-order valence-electron chi connectivity index (χ4n) is 2.25. The van der Waals surface area contributed by atoms with Crippen LogP contribution in [-0.4, -0.2) is 36.1 Å². The van der Waals surface area contributed by atoms with Gasteiger partial charge < -0.3 is 15.8 Å². The second kappa shape index (κ2) is 4.84. The molecule has 4 heteroatoms. The van der Waals surface area contributed by atoms with Gasteiger partial charge in [-0.15, -0.1) is 0 Å². The monoisotopic (exact) mass is 213 g/mol. The summed E-state index contributed by atoms with van der Waals surface area (Å²) in [4.78, 5) is 2.35. The molecule has 0 amide bonds. The van der Waals surface area contributed by atoms with Gasteiger partial charge in [-0.05, 0) is 31.2 Å². The van der Waals surface area contributed by atoms with E-state index in [1.165, 1.54) is 12.8 Å². The van der Waals surface area contributed by atoms with Crippen LogP contribution < -0.4 is 5.73 Å². The number of oxime groups is 1. The van der Waals surface area contributed by atoms with E-state index in [1.807, 2.05) is 0 Å². The van der Waals surface area contributed by atoms with E-state index in [-0.39, 0.29) is 0 Å². The fourth-order valence-corrected chi connectivity index (χ4v) is 2.25. The van der Waals surface area contributed by atoms with Crippen molar-refractivity contribution < 1.29 is 5.21 Å². The standard InChI is InChI=1S/C11H23N3O/c1-9(2)7-14(3)8-11(4-5-11)6-10(12)13-15/h9,15H,4-8H2,1-3H3,(H2,12,13). The summed E-state index contributed by atoms with van der Waals surface area (Å²) in [7, 11) is 2.15. The lowest BCUT2D eigenvalue weighted by atomic mass is 10.0. The number of hydrogen-bond acceptors (Lipinski definition) is 3. The summed E-state index contributed by atoms with van der Waals surface area (Å²) in [6.45, 7) is 6.61. The van der Waals surface area contributed by atoms with E-state index in [1.54, 1.807) is 0 Å². The zero-order valence-electron chi connectivity index (χ0n) is 10.0. The predicted octanol–water partition coefficient (Wildman–Crippen LogP) is 1.49. The maximum Gasteiger partial charge on any atom is 0.139 e. The van der Waals surface area contributed by atoms with Crippen LogP contribution in [0.3, 0.4) is 0 Å². The van der Waals surface area contributed by atoms with Crippen molar-refractivity contribution in [3.05, 3.63) is 0 Å². The summed E-state index contributed by atoms with van der Waals surface area (Å²) >= 11 is 0. The van der Waals surface area contributed by atoms with Crippen molar-refractivity contribution in [1.82, 2.24) is 4.90 Å². The first-order valence-corrected chi connectivity index (χ1v) is 5.62. The lowest BCUT2D eigenvalue weighted by molar-refractivity contribution is 0.239. The molecule has 1 rings (SSSR count). The van der Waals surface area contributed by atoms with E-state index in [2.05, 4.69) is 31.0 Å². The van der Waals surface area contributed by atoms with E-state index in [0.717, 1.165) is 19.5 Å². The van der Waals surface area contributed by atoms with Crippen LogP contribution in [0, 0.1) is 11.3 Å². The molecule has 0 spiro atoms. The number of nitrogens with two attached hydrogens (primary N) is 1. The van der Waals surface area contributed by atoms with Crippen LogP contribution in [0.15, 0.2) is 5.16 Å².